The number of aromatic nitrogens is 3. The number of ether oxygens (including phenoxy) is 2. The second-order valence-electron chi connectivity index (χ2n) is 8.28. The molecule has 5 rings (SSSR count). The molecule has 0 unspecified atom stereocenters. The largest absolute Gasteiger partial charge is 0.490 e. The zero-order valence-electron chi connectivity index (χ0n) is 19.7. The van der Waals surface area contributed by atoms with Gasteiger partial charge in [0.1, 0.15) is 5.82 Å². The summed E-state index contributed by atoms with van der Waals surface area (Å²) < 4.78 is 15.4. The van der Waals surface area contributed by atoms with Crippen molar-refractivity contribution in [3.05, 3.63) is 89.4 Å². The van der Waals surface area contributed by atoms with E-state index >= 15 is 0 Å². The molecule has 0 bridgehead atoms. The van der Waals surface area contributed by atoms with Gasteiger partial charge in [0.2, 0.25) is 0 Å². The van der Waals surface area contributed by atoms with Crippen LogP contribution in [0.1, 0.15) is 41.0 Å². The Labute approximate surface area is 199 Å². The molecular weight excluding hydrogens is 428 g/mol. The lowest BCUT2D eigenvalue weighted by Crippen LogP contribution is -2.26. The number of carbonyl (C=O) groups is 1. The Morgan fingerprint density at radius 1 is 0.941 bits per heavy atom. The van der Waals surface area contributed by atoms with Crippen LogP contribution >= 0.6 is 0 Å². The van der Waals surface area contributed by atoms with Crippen molar-refractivity contribution in [2.24, 2.45) is 0 Å². The van der Waals surface area contributed by atoms with Gasteiger partial charge >= 0.3 is 0 Å². The molecule has 1 amide bonds. The van der Waals surface area contributed by atoms with Crippen molar-refractivity contribution < 1.29 is 14.3 Å². The maximum atomic E-state index is 13.4. The Balaban J connectivity index is 1.47. The molecule has 34 heavy (non-hydrogen) atoms. The SMILES string of the molecule is CCOc1ccc(C(=O)N2Cc3nn(-c4cccc(C)c4)c(-n4cccc4)c3C2)cc1OCC. The molecule has 7 nitrogen and oxygen atoms in total. The Morgan fingerprint density at radius 3 is 2.44 bits per heavy atom. The van der Waals surface area contributed by atoms with Gasteiger partial charge in [0.15, 0.2) is 11.5 Å². The number of hydrogen-bond donors (Lipinski definition) is 0. The van der Waals surface area contributed by atoms with E-state index in [0.29, 0.717) is 43.4 Å². The first-order valence-electron chi connectivity index (χ1n) is 11.6. The van der Waals surface area contributed by atoms with Crippen molar-refractivity contribution in [2.75, 3.05) is 13.2 Å². The number of carbonyl (C=O) groups excluding carboxylic acids is 1. The van der Waals surface area contributed by atoms with Crippen LogP contribution < -0.4 is 9.47 Å². The van der Waals surface area contributed by atoms with Crippen molar-refractivity contribution in [3.63, 3.8) is 0 Å². The van der Waals surface area contributed by atoms with Crippen LogP contribution in [0.2, 0.25) is 0 Å². The molecule has 0 N–H and O–H groups in total. The van der Waals surface area contributed by atoms with Gasteiger partial charge in [-0.2, -0.15) is 5.10 Å². The van der Waals surface area contributed by atoms with Crippen molar-refractivity contribution in [3.8, 4) is 23.0 Å². The summed E-state index contributed by atoms with van der Waals surface area (Å²) in [5.74, 6) is 2.14. The fraction of sp³-hybridized carbons (Fsp3) is 0.259. The highest BCUT2D eigenvalue weighted by Gasteiger charge is 2.32. The molecule has 0 atom stereocenters. The number of aryl methyl sites for hydroxylation is 1. The molecule has 7 heteroatoms. The molecular formula is C27H28N4O3. The lowest BCUT2D eigenvalue weighted by molar-refractivity contribution is 0.0748. The topological polar surface area (TPSA) is 61.5 Å². The van der Waals surface area contributed by atoms with Crippen LogP contribution in [-0.2, 0) is 13.1 Å². The minimum absolute atomic E-state index is 0.0532. The quantitative estimate of drug-likeness (QED) is 0.396. The third-order valence-electron chi connectivity index (χ3n) is 5.90. The number of hydrogen-bond acceptors (Lipinski definition) is 4. The fourth-order valence-corrected chi connectivity index (χ4v) is 4.39. The average Bonchev–Trinajstić information content (AvgIpc) is 3.56. The molecule has 1 aliphatic heterocycles. The van der Waals surface area contributed by atoms with E-state index in [-0.39, 0.29) is 5.91 Å². The highest BCUT2D eigenvalue weighted by molar-refractivity contribution is 5.95. The minimum Gasteiger partial charge on any atom is -0.490 e. The first-order chi connectivity index (χ1) is 16.6. The molecule has 2 aromatic carbocycles. The van der Waals surface area contributed by atoms with Gasteiger partial charge in [0.25, 0.3) is 5.91 Å². The van der Waals surface area contributed by atoms with Gasteiger partial charge in [-0.1, -0.05) is 12.1 Å². The predicted octanol–water partition coefficient (Wildman–Crippen LogP) is 4.92. The molecule has 2 aromatic heterocycles. The lowest BCUT2D eigenvalue weighted by Gasteiger charge is -2.19. The van der Waals surface area contributed by atoms with Crippen LogP contribution in [0.5, 0.6) is 11.5 Å². The first kappa shape index (κ1) is 21.8. The molecule has 0 saturated heterocycles. The molecule has 0 radical (unpaired) electrons. The minimum atomic E-state index is -0.0532. The van der Waals surface area contributed by atoms with Crippen LogP contribution in [0.25, 0.3) is 11.5 Å². The van der Waals surface area contributed by atoms with Gasteiger partial charge < -0.3 is 18.9 Å². The maximum absolute atomic E-state index is 13.4. The van der Waals surface area contributed by atoms with Crippen molar-refractivity contribution in [2.45, 2.75) is 33.9 Å². The monoisotopic (exact) mass is 456 g/mol. The number of rotatable bonds is 7. The third kappa shape index (κ3) is 3.94. The smallest absolute Gasteiger partial charge is 0.254 e. The Bertz CT molecular complexity index is 1320. The van der Waals surface area contributed by atoms with Crippen molar-refractivity contribution in [1.29, 1.82) is 0 Å². The van der Waals surface area contributed by atoms with E-state index in [0.717, 1.165) is 22.8 Å². The summed E-state index contributed by atoms with van der Waals surface area (Å²) in [5.41, 5.74) is 4.72. The molecule has 3 heterocycles. The van der Waals surface area contributed by atoms with E-state index in [1.54, 1.807) is 18.2 Å². The van der Waals surface area contributed by atoms with Crippen LogP contribution in [0.3, 0.4) is 0 Å². The summed E-state index contributed by atoms with van der Waals surface area (Å²) in [6.07, 6.45) is 4.02. The van der Waals surface area contributed by atoms with Gasteiger partial charge in [-0.15, -0.1) is 0 Å². The van der Waals surface area contributed by atoms with Crippen molar-refractivity contribution in [1.82, 2.24) is 19.2 Å². The average molecular weight is 457 g/mol. The molecule has 0 aliphatic carbocycles. The Hall–Kier alpha value is -4.00. The normalized spacial score (nSPS) is 12.6. The number of nitrogens with zero attached hydrogens (tertiary/aromatic N) is 4. The highest BCUT2D eigenvalue weighted by Crippen LogP contribution is 2.33. The van der Waals surface area contributed by atoms with E-state index in [9.17, 15) is 4.79 Å². The van der Waals surface area contributed by atoms with E-state index in [1.165, 1.54) is 5.56 Å². The summed E-state index contributed by atoms with van der Waals surface area (Å²) in [5, 5.41) is 4.93. The Kier molecular flexibility index (Phi) is 5.84. The lowest BCUT2D eigenvalue weighted by atomic mass is 10.1. The van der Waals surface area contributed by atoms with Gasteiger partial charge in [-0.05, 0) is 68.8 Å². The van der Waals surface area contributed by atoms with Crippen LogP contribution in [-0.4, -0.2) is 38.4 Å². The zero-order valence-corrected chi connectivity index (χ0v) is 19.7. The predicted molar refractivity (Wildman–Crippen MR) is 130 cm³/mol. The van der Waals surface area contributed by atoms with Crippen LogP contribution in [0.4, 0.5) is 0 Å². The zero-order chi connectivity index (χ0) is 23.7. The van der Waals surface area contributed by atoms with Gasteiger partial charge in [-0.3, -0.25) is 4.79 Å². The summed E-state index contributed by atoms with van der Waals surface area (Å²) in [7, 11) is 0. The second-order valence-corrected chi connectivity index (χ2v) is 8.28. The fourth-order valence-electron chi connectivity index (χ4n) is 4.39. The highest BCUT2D eigenvalue weighted by atomic mass is 16.5. The summed E-state index contributed by atoms with van der Waals surface area (Å²) in [4.78, 5) is 15.3. The number of amides is 1. The summed E-state index contributed by atoms with van der Waals surface area (Å²) in [6, 6.07) is 17.6. The Morgan fingerprint density at radius 2 is 1.71 bits per heavy atom. The molecule has 174 valence electrons. The van der Waals surface area contributed by atoms with Crippen LogP contribution in [0, 0.1) is 6.92 Å². The molecule has 0 spiro atoms. The van der Waals surface area contributed by atoms with E-state index < -0.39 is 0 Å². The molecule has 0 fully saturated rings. The summed E-state index contributed by atoms with van der Waals surface area (Å²) in [6.45, 7) is 7.90. The standard InChI is InChI=1S/C27H28N4O3/c1-4-33-24-12-11-20(16-25(24)34-5-2)27(32)30-17-22-23(18-30)28-31(21-10-8-9-19(3)15-21)26(22)29-13-6-7-14-29/h6-16H,4-5,17-18H2,1-3H3. The number of fused-ring (bicyclic) bond motifs is 1. The van der Waals surface area contributed by atoms with E-state index in [4.69, 9.17) is 14.6 Å². The molecule has 4 aromatic rings. The maximum Gasteiger partial charge on any atom is 0.254 e. The van der Waals surface area contributed by atoms with Gasteiger partial charge in [0, 0.05) is 23.5 Å². The van der Waals surface area contributed by atoms with Crippen LogP contribution in [0.15, 0.2) is 67.0 Å². The van der Waals surface area contributed by atoms with Gasteiger partial charge in [0.05, 0.1) is 37.7 Å². The second kappa shape index (κ2) is 9.09. The number of benzene rings is 2. The molecule has 1 aliphatic rings. The van der Waals surface area contributed by atoms with Gasteiger partial charge in [-0.25, -0.2) is 4.68 Å². The summed E-state index contributed by atoms with van der Waals surface area (Å²) >= 11 is 0. The van der Waals surface area contributed by atoms with Crippen molar-refractivity contribution >= 4 is 5.91 Å². The van der Waals surface area contributed by atoms with E-state index in [2.05, 4.69) is 29.7 Å². The molecule has 0 saturated carbocycles. The van der Waals surface area contributed by atoms with E-state index in [1.807, 2.05) is 54.0 Å². The third-order valence-corrected chi connectivity index (χ3v) is 5.90. The first-order valence-corrected chi connectivity index (χ1v) is 11.6.